The van der Waals surface area contributed by atoms with E-state index in [4.69, 9.17) is 4.74 Å². The van der Waals surface area contributed by atoms with Gasteiger partial charge in [0.1, 0.15) is 5.75 Å². The number of non-ortho nitro benzene ring substituents is 1. The Labute approximate surface area is 125 Å². The molecule has 3 rings (SSSR count). The normalized spacial score (nSPS) is 10.4. The molecule has 0 radical (unpaired) electrons. The average molecular weight is 297 g/mol. The first-order valence-electron chi connectivity index (χ1n) is 6.36. The van der Waals surface area contributed by atoms with Gasteiger partial charge in [-0.3, -0.25) is 10.1 Å². The lowest BCUT2D eigenvalue weighted by atomic mass is 10.2. The molecule has 8 heteroatoms. The van der Waals surface area contributed by atoms with Crippen LogP contribution in [0.5, 0.6) is 5.75 Å². The van der Waals surface area contributed by atoms with E-state index in [2.05, 4.69) is 15.4 Å². The second kappa shape index (κ2) is 5.60. The number of nitro groups is 1. The molecule has 110 valence electrons. The van der Waals surface area contributed by atoms with E-state index in [1.807, 2.05) is 24.3 Å². The first-order valence-corrected chi connectivity index (χ1v) is 6.36. The van der Waals surface area contributed by atoms with Gasteiger partial charge in [-0.2, -0.15) is 0 Å². The molecule has 0 aliphatic heterocycles. The van der Waals surface area contributed by atoms with Gasteiger partial charge in [0.05, 0.1) is 17.7 Å². The van der Waals surface area contributed by atoms with E-state index in [-0.39, 0.29) is 5.69 Å². The average Bonchev–Trinajstić information content (AvgIpc) is 3.05. The number of benzene rings is 2. The molecule has 8 nitrogen and oxygen atoms in total. The molecule has 0 saturated carbocycles. The zero-order chi connectivity index (χ0) is 15.5. The van der Waals surface area contributed by atoms with E-state index in [0.717, 1.165) is 11.3 Å². The van der Waals surface area contributed by atoms with Gasteiger partial charge in [-0.25, -0.2) is 0 Å². The number of tetrazole rings is 1. The van der Waals surface area contributed by atoms with Crippen LogP contribution in [0.1, 0.15) is 0 Å². The van der Waals surface area contributed by atoms with Crippen LogP contribution in [0, 0.1) is 10.1 Å². The van der Waals surface area contributed by atoms with Gasteiger partial charge < -0.3 is 4.74 Å². The number of rotatable bonds is 4. The molecule has 0 aliphatic carbocycles. The van der Waals surface area contributed by atoms with Crippen LogP contribution < -0.4 is 4.74 Å². The quantitative estimate of drug-likeness (QED) is 0.541. The smallest absolute Gasteiger partial charge is 0.269 e. The van der Waals surface area contributed by atoms with Gasteiger partial charge in [0.25, 0.3) is 5.69 Å². The Bertz CT molecular complexity index is 796. The summed E-state index contributed by atoms with van der Waals surface area (Å²) in [6.07, 6.45) is 0. The van der Waals surface area contributed by atoms with Crippen molar-refractivity contribution in [2.24, 2.45) is 0 Å². The van der Waals surface area contributed by atoms with Gasteiger partial charge in [0, 0.05) is 17.7 Å². The standard InChI is InChI=1S/C14H11N5O3/c1-22-13-8-2-10(3-9-13)14-15-17-18(16-14)11-4-6-12(7-5-11)19(20)21/h2-9H,1H3. The molecule has 0 unspecified atom stereocenters. The summed E-state index contributed by atoms with van der Waals surface area (Å²) in [7, 11) is 1.60. The lowest BCUT2D eigenvalue weighted by Gasteiger charge is -1.99. The summed E-state index contributed by atoms with van der Waals surface area (Å²) in [5.41, 5.74) is 1.41. The zero-order valence-corrected chi connectivity index (χ0v) is 11.6. The fourth-order valence-electron chi connectivity index (χ4n) is 1.89. The van der Waals surface area contributed by atoms with E-state index in [1.165, 1.54) is 16.9 Å². The summed E-state index contributed by atoms with van der Waals surface area (Å²) >= 11 is 0. The monoisotopic (exact) mass is 297 g/mol. The minimum Gasteiger partial charge on any atom is -0.497 e. The van der Waals surface area contributed by atoms with Crippen molar-refractivity contribution in [3.05, 3.63) is 58.6 Å². The first kappa shape index (κ1) is 13.7. The van der Waals surface area contributed by atoms with Crippen molar-refractivity contribution in [3.63, 3.8) is 0 Å². The summed E-state index contributed by atoms with van der Waals surface area (Å²) in [6.45, 7) is 0. The summed E-state index contributed by atoms with van der Waals surface area (Å²) in [5, 5.41) is 22.8. The third-order valence-corrected chi connectivity index (χ3v) is 3.05. The fraction of sp³-hybridized carbons (Fsp3) is 0.0714. The maximum atomic E-state index is 10.6. The maximum absolute atomic E-state index is 10.6. The third kappa shape index (κ3) is 2.62. The highest BCUT2D eigenvalue weighted by molar-refractivity contribution is 5.55. The molecule has 2 aromatic carbocycles. The maximum Gasteiger partial charge on any atom is 0.269 e. The van der Waals surface area contributed by atoms with Crippen molar-refractivity contribution < 1.29 is 9.66 Å². The number of nitrogens with zero attached hydrogens (tertiary/aromatic N) is 5. The van der Waals surface area contributed by atoms with E-state index < -0.39 is 4.92 Å². The molecule has 0 bridgehead atoms. The Morgan fingerprint density at radius 1 is 1.09 bits per heavy atom. The van der Waals surface area contributed by atoms with Crippen LogP contribution in [0.25, 0.3) is 17.1 Å². The number of nitro benzene ring substituents is 1. The fourth-order valence-corrected chi connectivity index (χ4v) is 1.89. The summed E-state index contributed by atoms with van der Waals surface area (Å²) in [4.78, 5) is 11.5. The van der Waals surface area contributed by atoms with Crippen molar-refractivity contribution in [1.82, 2.24) is 20.2 Å². The molecule has 0 spiro atoms. The van der Waals surface area contributed by atoms with Crippen LogP contribution in [0.15, 0.2) is 48.5 Å². The second-order valence-corrected chi connectivity index (χ2v) is 4.40. The molecule has 0 atom stereocenters. The zero-order valence-electron chi connectivity index (χ0n) is 11.6. The second-order valence-electron chi connectivity index (χ2n) is 4.40. The molecule has 1 aromatic heterocycles. The SMILES string of the molecule is COc1ccc(-c2nnn(-c3ccc([N+](=O)[O-])cc3)n2)cc1. The molecule has 0 aliphatic rings. The van der Waals surface area contributed by atoms with Gasteiger partial charge in [0.15, 0.2) is 0 Å². The van der Waals surface area contributed by atoms with Crippen LogP contribution in [-0.4, -0.2) is 32.2 Å². The predicted octanol–water partition coefficient (Wildman–Crippen LogP) is 2.25. The molecule has 0 saturated heterocycles. The van der Waals surface area contributed by atoms with Gasteiger partial charge in [-0.05, 0) is 41.6 Å². The summed E-state index contributed by atoms with van der Waals surface area (Å²) in [6, 6.07) is 13.2. The Kier molecular flexibility index (Phi) is 3.48. The molecule has 0 fully saturated rings. The van der Waals surface area contributed by atoms with E-state index in [1.54, 1.807) is 19.2 Å². The Morgan fingerprint density at radius 3 is 2.36 bits per heavy atom. The lowest BCUT2D eigenvalue weighted by molar-refractivity contribution is -0.384. The van der Waals surface area contributed by atoms with Crippen molar-refractivity contribution in [1.29, 1.82) is 0 Å². The molecule has 1 heterocycles. The number of ether oxygens (including phenoxy) is 1. The van der Waals surface area contributed by atoms with Crippen LogP contribution in [0.4, 0.5) is 5.69 Å². The Balaban J connectivity index is 1.87. The van der Waals surface area contributed by atoms with Crippen LogP contribution >= 0.6 is 0 Å². The highest BCUT2D eigenvalue weighted by Crippen LogP contribution is 2.19. The van der Waals surface area contributed by atoms with E-state index in [9.17, 15) is 10.1 Å². The van der Waals surface area contributed by atoms with Crippen molar-refractivity contribution >= 4 is 5.69 Å². The highest BCUT2D eigenvalue weighted by atomic mass is 16.6. The number of methoxy groups -OCH3 is 1. The number of hydrogen-bond acceptors (Lipinski definition) is 6. The lowest BCUT2D eigenvalue weighted by Crippen LogP contribution is -1.99. The van der Waals surface area contributed by atoms with E-state index in [0.29, 0.717) is 11.5 Å². The molecule has 0 N–H and O–H groups in total. The topological polar surface area (TPSA) is 96.0 Å². The molecular formula is C14H11N5O3. The van der Waals surface area contributed by atoms with Gasteiger partial charge in [-0.15, -0.1) is 15.0 Å². The summed E-state index contributed by atoms with van der Waals surface area (Å²) < 4.78 is 5.09. The van der Waals surface area contributed by atoms with Gasteiger partial charge >= 0.3 is 0 Å². The third-order valence-electron chi connectivity index (χ3n) is 3.05. The molecule has 3 aromatic rings. The van der Waals surface area contributed by atoms with Crippen LogP contribution in [0.3, 0.4) is 0 Å². The van der Waals surface area contributed by atoms with Crippen molar-refractivity contribution in [2.75, 3.05) is 7.11 Å². The minimum atomic E-state index is -0.457. The summed E-state index contributed by atoms with van der Waals surface area (Å²) in [5.74, 6) is 1.20. The van der Waals surface area contributed by atoms with Gasteiger partial charge in [-0.1, -0.05) is 0 Å². The highest BCUT2D eigenvalue weighted by Gasteiger charge is 2.09. The largest absolute Gasteiger partial charge is 0.497 e. The number of aromatic nitrogens is 4. The van der Waals surface area contributed by atoms with Crippen LogP contribution in [0.2, 0.25) is 0 Å². The van der Waals surface area contributed by atoms with E-state index >= 15 is 0 Å². The van der Waals surface area contributed by atoms with Crippen molar-refractivity contribution in [3.8, 4) is 22.8 Å². The Hall–Kier alpha value is -3.29. The van der Waals surface area contributed by atoms with Crippen LogP contribution in [-0.2, 0) is 0 Å². The molecule has 0 amide bonds. The Morgan fingerprint density at radius 2 is 1.77 bits per heavy atom. The molecule has 22 heavy (non-hydrogen) atoms. The van der Waals surface area contributed by atoms with Gasteiger partial charge in [0.2, 0.25) is 5.82 Å². The molecular weight excluding hydrogens is 286 g/mol. The van der Waals surface area contributed by atoms with Crippen molar-refractivity contribution in [2.45, 2.75) is 0 Å². The first-order chi connectivity index (χ1) is 10.7. The number of hydrogen-bond donors (Lipinski definition) is 0. The predicted molar refractivity (Wildman–Crippen MR) is 77.8 cm³/mol. The minimum absolute atomic E-state index is 0.0132.